The van der Waals surface area contributed by atoms with E-state index in [0.29, 0.717) is 19.8 Å². The lowest BCUT2D eigenvalue weighted by Crippen LogP contribution is -2.26. The second-order valence-corrected chi connectivity index (χ2v) is 15.2. The second-order valence-electron chi connectivity index (χ2n) is 13.2. The molecule has 44 heavy (non-hydrogen) atoms. The summed E-state index contributed by atoms with van der Waals surface area (Å²) in [6.45, 7) is 6.51. The zero-order valence-electron chi connectivity index (χ0n) is 29.7. The molecule has 0 fully saturated rings. The topological polar surface area (TPSA) is 91.0 Å². The van der Waals surface area contributed by atoms with Gasteiger partial charge in [0.15, 0.2) is 0 Å². The Hall–Kier alpha value is 0.0300. The minimum absolute atomic E-state index is 0.0292. The predicted molar refractivity (Wildman–Crippen MR) is 191 cm³/mol. The maximum Gasteiger partial charge on any atom is 0.329 e. The van der Waals surface area contributed by atoms with E-state index in [9.17, 15) is 9.46 Å². The lowest BCUT2D eigenvalue weighted by molar-refractivity contribution is -0.0403. The van der Waals surface area contributed by atoms with Crippen molar-refractivity contribution in [1.82, 2.24) is 0 Å². The SMILES string of the molecule is CCCCCCCCCCCCCCCCOC[C@H](COP(=O)(O)CCN)OCCCCCCCCCCCCCCCC. The molecular weight excluding hydrogens is 569 g/mol. The summed E-state index contributed by atoms with van der Waals surface area (Å²) >= 11 is 0. The van der Waals surface area contributed by atoms with Crippen LogP contribution in [0, 0.1) is 0 Å². The Kier molecular flexibility index (Phi) is 35.9. The lowest BCUT2D eigenvalue weighted by Gasteiger charge is -2.20. The molecule has 266 valence electrons. The van der Waals surface area contributed by atoms with E-state index in [0.717, 1.165) is 19.3 Å². The highest BCUT2D eigenvalue weighted by Gasteiger charge is 2.21. The summed E-state index contributed by atoms with van der Waals surface area (Å²) in [7, 11) is -3.66. The van der Waals surface area contributed by atoms with Gasteiger partial charge in [-0.1, -0.05) is 181 Å². The molecule has 3 N–H and O–H groups in total. The summed E-state index contributed by atoms with van der Waals surface area (Å²) in [5.74, 6) is 0. The maximum atomic E-state index is 12.1. The first-order valence-electron chi connectivity index (χ1n) is 19.4. The van der Waals surface area contributed by atoms with Crippen LogP contribution in [0.3, 0.4) is 0 Å². The molecule has 0 spiro atoms. The van der Waals surface area contributed by atoms with Crippen molar-refractivity contribution in [2.24, 2.45) is 5.73 Å². The van der Waals surface area contributed by atoms with Gasteiger partial charge in [0.2, 0.25) is 0 Å². The number of hydrogen-bond acceptors (Lipinski definition) is 5. The number of hydrogen-bond donors (Lipinski definition) is 2. The van der Waals surface area contributed by atoms with Crippen LogP contribution in [0.2, 0.25) is 0 Å². The Morgan fingerprint density at radius 3 is 1.23 bits per heavy atom. The molecule has 0 aromatic heterocycles. The largest absolute Gasteiger partial charge is 0.379 e. The van der Waals surface area contributed by atoms with Crippen molar-refractivity contribution in [1.29, 1.82) is 0 Å². The van der Waals surface area contributed by atoms with Crippen LogP contribution in [0.25, 0.3) is 0 Å². The third-order valence-corrected chi connectivity index (χ3v) is 10.0. The first kappa shape index (κ1) is 44.0. The summed E-state index contributed by atoms with van der Waals surface area (Å²) in [6, 6.07) is 0. The monoisotopic (exact) mass is 648 g/mol. The molecule has 2 atom stereocenters. The van der Waals surface area contributed by atoms with Gasteiger partial charge in [0.05, 0.1) is 19.4 Å². The normalized spacial score (nSPS) is 13.8. The number of rotatable bonds is 38. The van der Waals surface area contributed by atoms with Crippen molar-refractivity contribution in [2.75, 3.05) is 39.1 Å². The molecule has 0 rings (SSSR count). The Bertz CT molecular complexity index is 594. The van der Waals surface area contributed by atoms with Crippen LogP contribution in [-0.4, -0.2) is 50.1 Å². The molecule has 0 radical (unpaired) electrons. The van der Waals surface area contributed by atoms with Gasteiger partial charge in [-0.2, -0.15) is 0 Å². The van der Waals surface area contributed by atoms with Gasteiger partial charge < -0.3 is 24.6 Å². The van der Waals surface area contributed by atoms with Crippen LogP contribution in [-0.2, 0) is 18.6 Å². The van der Waals surface area contributed by atoms with E-state index in [1.807, 2.05) is 0 Å². The standard InChI is InChI=1S/C37H78NO5P/c1-3-5-7-9-11-13-15-17-19-21-23-25-27-29-32-41-35-37(36-43-44(39,40)34-31-38)42-33-30-28-26-24-22-20-18-16-14-12-10-8-6-4-2/h37H,3-36,38H2,1-2H3,(H,39,40)/t37-/m1/s1. The van der Waals surface area contributed by atoms with Crippen molar-refractivity contribution in [3.63, 3.8) is 0 Å². The Morgan fingerprint density at radius 1 is 0.523 bits per heavy atom. The first-order chi connectivity index (χ1) is 21.6. The van der Waals surface area contributed by atoms with Crippen molar-refractivity contribution in [2.45, 2.75) is 200 Å². The minimum Gasteiger partial charge on any atom is -0.379 e. The molecule has 0 aliphatic carbocycles. The van der Waals surface area contributed by atoms with Gasteiger partial charge in [0, 0.05) is 19.8 Å². The quantitative estimate of drug-likeness (QED) is 0.0512. The van der Waals surface area contributed by atoms with E-state index in [-0.39, 0.29) is 25.4 Å². The molecule has 0 amide bonds. The van der Waals surface area contributed by atoms with Crippen LogP contribution in [0.4, 0.5) is 0 Å². The van der Waals surface area contributed by atoms with Gasteiger partial charge in [-0.15, -0.1) is 0 Å². The zero-order chi connectivity index (χ0) is 32.2. The fourth-order valence-corrected chi connectivity index (χ4v) is 6.59. The number of nitrogens with two attached hydrogens (primary N) is 1. The minimum atomic E-state index is -3.66. The van der Waals surface area contributed by atoms with Gasteiger partial charge in [-0.25, -0.2) is 0 Å². The maximum absolute atomic E-state index is 12.1. The van der Waals surface area contributed by atoms with Gasteiger partial charge in [0.25, 0.3) is 0 Å². The van der Waals surface area contributed by atoms with E-state index < -0.39 is 7.60 Å². The van der Waals surface area contributed by atoms with Crippen LogP contribution < -0.4 is 5.73 Å². The molecule has 7 heteroatoms. The second kappa shape index (κ2) is 35.9. The lowest BCUT2D eigenvalue weighted by atomic mass is 10.0. The molecule has 0 saturated carbocycles. The van der Waals surface area contributed by atoms with Gasteiger partial charge in [-0.3, -0.25) is 4.57 Å². The molecule has 0 aromatic rings. The molecule has 0 bridgehead atoms. The highest BCUT2D eigenvalue weighted by Crippen LogP contribution is 2.41. The molecule has 0 heterocycles. The fourth-order valence-electron chi connectivity index (χ4n) is 5.73. The van der Waals surface area contributed by atoms with E-state index in [4.69, 9.17) is 19.7 Å². The molecule has 0 saturated heterocycles. The third-order valence-electron chi connectivity index (χ3n) is 8.67. The van der Waals surface area contributed by atoms with Crippen molar-refractivity contribution in [3.8, 4) is 0 Å². The molecule has 6 nitrogen and oxygen atoms in total. The van der Waals surface area contributed by atoms with E-state index in [1.54, 1.807) is 0 Å². The van der Waals surface area contributed by atoms with Crippen molar-refractivity contribution < 1.29 is 23.5 Å². The van der Waals surface area contributed by atoms with Gasteiger partial charge in [0.1, 0.15) is 6.10 Å². The van der Waals surface area contributed by atoms with Crippen LogP contribution in [0.15, 0.2) is 0 Å². The fraction of sp³-hybridized carbons (Fsp3) is 1.00. The van der Waals surface area contributed by atoms with E-state index in [1.165, 1.54) is 161 Å². The molecule has 1 unspecified atom stereocenters. The molecule has 0 aliphatic rings. The van der Waals surface area contributed by atoms with Gasteiger partial charge >= 0.3 is 7.60 Å². The number of unbranched alkanes of at least 4 members (excludes halogenated alkanes) is 26. The van der Waals surface area contributed by atoms with E-state index >= 15 is 0 Å². The summed E-state index contributed by atoms with van der Waals surface area (Å²) < 4.78 is 29.4. The first-order valence-corrected chi connectivity index (χ1v) is 21.2. The summed E-state index contributed by atoms with van der Waals surface area (Å²) in [5.41, 5.74) is 5.45. The van der Waals surface area contributed by atoms with Crippen LogP contribution >= 0.6 is 7.60 Å². The summed E-state index contributed by atoms with van der Waals surface area (Å²) in [6.07, 6.45) is 37.0. The average Bonchev–Trinajstić information content (AvgIpc) is 3.01. The van der Waals surface area contributed by atoms with Crippen molar-refractivity contribution in [3.05, 3.63) is 0 Å². The van der Waals surface area contributed by atoms with Gasteiger partial charge in [-0.05, 0) is 12.8 Å². The number of ether oxygens (including phenoxy) is 2. The molecular formula is C37H78NO5P. The summed E-state index contributed by atoms with van der Waals surface area (Å²) in [5, 5.41) is 0. The Balaban J connectivity index is 3.82. The smallest absolute Gasteiger partial charge is 0.329 e. The highest BCUT2D eigenvalue weighted by molar-refractivity contribution is 7.52. The van der Waals surface area contributed by atoms with Crippen LogP contribution in [0.1, 0.15) is 194 Å². The Morgan fingerprint density at radius 2 is 0.864 bits per heavy atom. The molecule has 0 aliphatic heterocycles. The third kappa shape index (κ3) is 34.9. The zero-order valence-corrected chi connectivity index (χ0v) is 30.6. The highest BCUT2D eigenvalue weighted by atomic mass is 31.2. The van der Waals surface area contributed by atoms with Crippen LogP contribution in [0.5, 0.6) is 0 Å². The van der Waals surface area contributed by atoms with E-state index in [2.05, 4.69) is 13.8 Å². The Labute approximate surface area is 275 Å². The predicted octanol–water partition coefficient (Wildman–Crippen LogP) is 11.5. The summed E-state index contributed by atoms with van der Waals surface area (Å²) in [4.78, 5) is 9.94. The van der Waals surface area contributed by atoms with Crippen molar-refractivity contribution >= 4 is 7.60 Å². The molecule has 0 aromatic carbocycles. The average molecular weight is 648 g/mol.